The van der Waals surface area contributed by atoms with Crippen LogP contribution in [0.25, 0.3) is 16.7 Å². The molecule has 3 aromatic carbocycles. The first-order valence-corrected chi connectivity index (χ1v) is 11.7. The Labute approximate surface area is 207 Å². The van der Waals surface area contributed by atoms with Crippen molar-refractivity contribution < 1.29 is 23.8 Å². The van der Waals surface area contributed by atoms with Crippen LogP contribution in [0.3, 0.4) is 0 Å². The van der Waals surface area contributed by atoms with E-state index >= 15 is 0 Å². The van der Waals surface area contributed by atoms with Crippen molar-refractivity contribution in [2.75, 3.05) is 11.5 Å². The summed E-state index contributed by atoms with van der Waals surface area (Å²) < 4.78 is 19.4. The molecule has 2 heterocycles. The van der Waals surface area contributed by atoms with E-state index in [4.69, 9.17) is 4.74 Å². The molecule has 0 bridgehead atoms. The molecule has 1 aromatic heterocycles. The Balaban J connectivity index is 1.65. The van der Waals surface area contributed by atoms with Gasteiger partial charge in [0.1, 0.15) is 17.3 Å². The summed E-state index contributed by atoms with van der Waals surface area (Å²) in [7, 11) is 0. The SMILES string of the molecule is CC(C)COc1ccc(/C(O)=C2\C(=O)C(=O)N(c3ccc(F)cc3)C2c2c[nH]c3ccccc23)cc1. The second-order valence-electron chi connectivity index (χ2n) is 9.16. The highest BCUT2D eigenvalue weighted by atomic mass is 19.1. The van der Waals surface area contributed by atoms with E-state index in [0.29, 0.717) is 35.1 Å². The molecule has 1 amide bonds. The van der Waals surface area contributed by atoms with Gasteiger partial charge in [0.05, 0.1) is 18.2 Å². The maximum atomic E-state index is 13.6. The van der Waals surface area contributed by atoms with Gasteiger partial charge in [-0.15, -0.1) is 0 Å². The number of fused-ring (bicyclic) bond motifs is 1. The molecule has 0 radical (unpaired) electrons. The molecule has 1 fully saturated rings. The van der Waals surface area contributed by atoms with Crippen molar-refractivity contribution in [2.24, 2.45) is 5.92 Å². The molecule has 2 N–H and O–H groups in total. The Bertz CT molecular complexity index is 1470. The number of carbonyl (C=O) groups excluding carboxylic acids is 2. The molecule has 1 aliphatic rings. The lowest BCUT2D eigenvalue weighted by Gasteiger charge is -2.25. The number of aromatic nitrogens is 1. The van der Waals surface area contributed by atoms with Crippen LogP contribution < -0.4 is 9.64 Å². The van der Waals surface area contributed by atoms with Crippen LogP contribution in [0.2, 0.25) is 0 Å². The fraction of sp³-hybridized carbons (Fsp3) is 0.172. The number of ketones is 1. The largest absolute Gasteiger partial charge is 0.507 e. The Morgan fingerprint density at radius 1 is 1.03 bits per heavy atom. The Morgan fingerprint density at radius 3 is 2.42 bits per heavy atom. The monoisotopic (exact) mass is 484 g/mol. The van der Waals surface area contributed by atoms with Gasteiger partial charge in [0.15, 0.2) is 0 Å². The number of carbonyl (C=O) groups is 2. The lowest BCUT2D eigenvalue weighted by Crippen LogP contribution is -2.29. The number of ether oxygens (including phenoxy) is 1. The zero-order valence-electron chi connectivity index (χ0n) is 19.9. The predicted molar refractivity (Wildman–Crippen MR) is 136 cm³/mol. The van der Waals surface area contributed by atoms with Gasteiger partial charge in [-0.25, -0.2) is 4.39 Å². The fourth-order valence-electron chi connectivity index (χ4n) is 4.44. The lowest BCUT2D eigenvalue weighted by molar-refractivity contribution is -0.132. The van der Waals surface area contributed by atoms with Crippen LogP contribution in [0.1, 0.15) is 31.0 Å². The number of nitrogens with one attached hydrogen (secondary N) is 1. The minimum Gasteiger partial charge on any atom is -0.507 e. The van der Waals surface area contributed by atoms with E-state index in [2.05, 4.69) is 4.98 Å². The van der Waals surface area contributed by atoms with Gasteiger partial charge in [-0.3, -0.25) is 14.5 Å². The normalized spacial score (nSPS) is 17.3. The van der Waals surface area contributed by atoms with Gasteiger partial charge < -0.3 is 14.8 Å². The third kappa shape index (κ3) is 4.13. The lowest BCUT2D eigenvalue weighted by atomic mass is 9.94. The number of aromatic amines is 1. The van der Waals surface area contributed by atoms with Crippen LogP contribution in [0.4, 0.5) is 10.1 Å². The summed E-state index contributed by atoms with van der Waals surface area (Å²) in [5.41, 5.74) is 2.17. The molecular weight excluding hydrogens is 459 g/mol. The summed E-state index contributed by atoms with van der Waals surface area (Å²) in [6.07, 6.45) is 1.73. The first-order valence-electron chi connectivity index (χ1n) is 11.7. The number of hydrogen-bond acceptors (Lipinski definition) is 4. The fourth-order valence-corrected chi connectivity index (χ4v) is 4.44. The summed E-state index contributed by atoms with van der Waals surface area (Å²) in [5.74, 6) is -1.36. The van der Waals surface area contributed by atoms with E-state index < -0.39 is 23.5 Å². The summed E-state index contributed by atoms with van der Waals surface area (Å²) in [4.78, 5) is 31.1. The first-order chi connectivity index (χ1) is 17.3. The average molecular weight is 485 g/mol. The van der Waals surface area contributed by atoms with Crippen LogP contribution in [-0.2, 0) is 9.59 Å². The Hall–Kier alpha value is -4.39. The number of aliphatic hydroxyl groups excluding tert-OH is 1. The number of H-pyrrole nitrogens is 1. The van der Waals surface area contributed by atoms with Crippen molar-refractivity contribution >= 4 is 34.0 Å². The molecule has 0 aliphatic carbocycles. The zero-order chi connectivity index (χ0) is 25.4. The van der Waals surface area contributed by atoms with Crippen LogP contribution in [0.5, 0.6) is 5.75 Å². The maximum Gasteiger partial charge on any atom is 0.300 e. The van der Waals surface area contributed by atoms with Crippen LogP contribution in [-0.4, -0.2) is 28.4 Å². The number of Topliss-reactive ketones (excluding diaryl/α,β-unsaturated/α-hetero) is 1. The summed E-state index contributed by atoms with van der Waals surface area (Å²) >= 11 is 0. The molecule has 1 aliphatic heterocycles. The molecule has 0 saturated carbocycles. The minimum atomic E-state index is -0.913. The maximum absolute atomic E-state index is 13.6. The van der Waals surface area contributed by atoms with E-state index in [-0.39, 0.29) is 11.3 Å². The molecule has 4 aromatic rings. The second kappa shape index (κ2) is 9.34. The Kier molecular flexibility index (Phi) is 6.06. The van der Waals surface area contributed by atoms with E-state index in [1.54, 1.807) is 30.5 Å². The topological polar surface area (TPSA) is 82.6 Å². The number of hydrogen-bond donors (Lipinski definition) is 2. The molecule has 1 saturated heterocycles. The average Bonchev–Trinajstić information content (AvgIpc) is 3.42. The summed E-state index contributed by atoms with van der Waals surface area (Å²) in [5, 5.41) is 12.1. The van der Waals surface area contributed by atoms with Crippen molar-refractivity contribution in [1.29, 1.82) is 0 Å². The standard InChI is InChI=1S/C29H25FN2O4/c1-17(2)16-36-21-13-7-18(8-14-21)27(33)25-26(23-15-31-24-6-4-3-5-22(23)24)32(29(35)28(25)34)20-11-9-19(30)10-12-20/h3-15,17,26,31,33H,16H2,1-2H3/b27-25+. The third-order valence-electron chi connectivity index (χ3n) is 6.18. The Morgan fingerprint density at radius 2 is 1.72 bits per heavy atom. The second-order valence-corrected chi connectivity index (χ2v) is 9.16. The summed E-state index contributed by atoms with van der Waals surface area (Å²) in [6.45, 7) is 4.64. The van der Waals surface area contributed by atoms with E-state index in [9.17, 15) is 19.1 Å². The number of nitrogens with zero attached hydrogens (tertiary/aromatic N) is 1. The number of rotatable bonds is 6. The molecule has 6 nitrogen and oxygen atoms in total. The van der Waals surface area contributed by atoms with Crippen molar-refractivity contribution in [3.63, 3.8) is 0 Å². The van der Waals surface area contributed by atoms with Gasteiger partial charge in [0.2, 0.25) is 0 Å². The number of para-hydroxylation sites is 1. The highest BCUT2D eigenvalue weighted by molar-refractivity contribution is 6.51. The number of amides is 1. The van der Waals surface area contributed by atoms with Crippen molar-refractivity contribution in [3.05, 3.63) is 102 Å². The highest BCUT2D eigenvalue weighted by Crippen LogP contribution is 2.44. The molecule has 182 valence electrons. The van der Waals surface area contributed by atoms with Gasteiger partial charge in [-0.2, -0.15) is 0 Å². The van der Waals surface area contributed by atoms with Gasteiger partial charge in [-0.1, -0.05) is 32.0 Å². The molecule has 36 heavy (non-hydrogen) atoms. The van der Waals surface area contributed by atoms with Crippen LogP contribution in [0.15, 0.2) is 84.6 Å². The van der Waals surface area contributed by atoms with Gasteiger partial charge in [0.25, 0.3) is 11.7 Å². The molecule has 1 unspecified atom stereocenters. The van der Waals surface area contributed by atoms with Crippen LogP contribution >= 0.6 is 0 Å². The number of benzene rings is 3. The number of anilines is 1. The molecule has 0 spiro atoms. The van der Waals surface area contributed by atoms with E-state index in [0.717, 1.165) is 10.9 Å². The van der Waals surface area contributed by atoms with Crippen molar-refractivity contribution in [1.82, 2.24) is 4.98 Å². The van der Waals surface area contributed by atoms with E-state index in [1.165, 1.54) is 29.2 Å². The van der Waals surface area contributed by atoms with E-state index in [1.807, 2.05) is 38.1 Å². The first kappa shape index (κ1) is 23.4. The molecule has 5 rings (SSSR count). The zero-order valence-corrected chi connectivity index (χ0v) is 19.9. The number of halogens is 1. The molecular formula is C29H25FN2O4. The molecule has 1 atom stereocenters. The predicted octanol–water partition coefficient (Wildman–Crippen LogP) is 5.97. The van der Waals surface area contributed by atoms with Gasteiger partial charge in [-0.05, 0) is 60.5 Å². The summed E-state index contributed by atoms with van der Waals surface area (Å²) in [6, 6.07) is 18.7. The minimum absolute atomic E-state index is 0.0371. The number of aliphatic hydroxyl groups is 1. The smallest absolute Gasteiger partial charge is 0.300 e. The van der Waals surface area contributed by atoms with Crippen molar-refractivity contribution in [2.45, 2.75) is 19.9 Å². The van der Waals surface area contributed by atoms with Gasteiger partial charge >= 0.3 is 0 Å². The quantitative estimate of drug-likeness (QED) is 0.201. The van der Waals surface area contributed by atoms with Gasteiger partial charge in [0, 0.05) is 33.9 Å². The third-order valence-corrected chi connectivity index (χ3v) is 6.18. The van der Waals surface area contributed by atoms with Crippen molar-refractivity contribution in [3.8, 4) is 5.75 Å². The van der Waals surface area contributed by atoms with Crippen LogP contribution in [0, 0.1) is 11.7 Å². The highest BCUT2D eigenvalue weighted by Gasteiger charge is 2.47. The molecule has 7 heteroatoms.